The van der Waals surface area contributed by atoms with Gasteiger partial charge < -0.3 is 9.84 Å². The van der Waals surface area contributed by atoms with E-state index in [-0.39, 0.29) is 25.3 Å². The number of phenols is 1. The number of rotatable bonds is 8. The number of anilines is 1. The maximum absolute atomic E-state index is 15.4. The Hall–Kier alpha value is -6.88. The first-order valence-corrected chi connectivity index (χ1v) is 18.2. The van der Waals surface area contributed by atoms with Crippen LogP contribution in [0.15, 0.2) is 155 Å². The van der Waals surface area contributed by atoms with E-state index < -0.39 is 46.5 Å². The molecule has 274 valence electrons. The maximum Gasteiger partial charge on any atom is 0.352 e. The monoisotopic (exact) mass is 731 g/mol. The van der Waals surface area contributed by atoms with E-state index in [2.05, 4.69) is 5.43 Å². The molecule has 3 aliphatic rings. The lowest BCUT2D eigenvalue weighted by atomic mass is 9.53. The number of nitrogens with zero attached hydrogens (tertiary/aromatic N) is 4. The third-order valence-electron chi connectivity index (χ3n) is 11.2. The number of benzene rings is 5. The van der Waals surface area contributed by atoms with Gasteiger partial charge in [0.1, 0.15) is 18.1 Å². The molecule has 5 aromatic carbocycles. The number of phenolic OH excluding ortho intramolecular Hbond substituents is 1. The Kier molecular flexibility index (Phi) is 8.14. The van der Waals surface area contributed by atoms with Gasteiger partial charge in [0, 0.05) is 17.5 Å². The van der Waals surface area contributed by atoms with E-state index in [0.29, 0.717) is 33.8 Å². The van der Waals surface area contributed by atoms with Gasteiger partial charge in [-0.25, -0.2) is 23.5 Å². The molecule has 9 rings (SSSR count). The van der Waals surface area contributed by atoms with E-state index in [0.717, 1.165) is 20.7 Å². The van der Waals surface area contributed by atoms with Crippen LogP contribution >= 0.6 is 0 Å². The van der Waals surface area contributed by atoms with Crippen molar-refractivity contribution in [1.82, 2.24) is 18.9 Å². The molecule has 1 saturated heterocycles. The number of allylic oxidation sites excluding steroid dienone is 2. The third-order valence-corrected chi connectivity index (χ3v) is 11.2. The van der Waals surface area contributed by atoms with Crippen LogP contribution in [0, 0.1) is 12.8 Å². The third kappa shape index (κ3) is 5.33. The van der Waals surface area contributed by atoms with Crippen molar-refractivity contribution in [2.75, 3.05) is 5.43 Å². The molecule has 1 aliphatic carbocycles. The number of hydrogen-bond acceptors (Lipinski definition) is 7. The van der Waals surface area contributed by atoms with Crippen molar-refractivity contribution in [3.8, 4) is 17.2 Å². The minimum atomic E-state index is -1.55. The van der Waals surface area contributed by atoms with Gasteiger partial charge in [-0.05, 0) is 60.4 Å². The average molecular weight is 732 g/mol. The first-order chi connectivity index (χ1) is 26.8. The smallest absolute Gasteiger partial charge is 0.352 e. The largest absolute Gasteiger partial charge is 0.508 e. The molecule has 4 atom stereocenters. The first kappa shape index (κ1) is 33.9. The lowest BCUT2D eigenvalue weighted by Crippen LogP contribution is -2.53. The van der Waals surface area contributed by atoms with E-state index >= 15 is 4.79 Å². The maximum atomic E-state index is 15.4. The fourth-order valence-electron chi connectivity index (χ4n) is 8.75. The van der Waals surface area contributed by atoms with Gasteiger partial charge in [0.2, 0.25) is 0 Å². The summed E-state index contributed by atoms with van der Waals surface area (Å²) in [5, 5.41) is 13.1. The van der Waals surface area contributed by atoms with Crippen LogP contribution in [-0.4, -0.2) is 35.9 Å². The van der Waals surface area contributed by atoms with Crippen molar-refractivity contribution in [2.24, 2.45) is 5.92 Å². The standard InChI is InChI=1S/C44H37N5O6/c1-28-17-19-31(20-18-28)45-48-40(51)36-26-37-34(23-24-46-42(53)47(43(54)49(37)46)32-15-9-4-10-16-32)39(44(36,41(48)52)30-13-7-3-8-14-30)35-22-21-33(25-38(35)50)55-27-29-11-5-2-6-12-29/h2-23,25,36-37,39,45,50H,24,26-27H2,1H3. The molecule has 55 heavy (non-hydrogen) atoms. The fourth-order valence-corrected chi connectivity index (χ4v) is 8.75. The predicted octanol–water partition coefficient (Wildman–Crippen LogP) is 6.01. The number of carbonyl (C=O) groups is 2. The van der Waals surface area contributed by atoms with Gasteiger partial charge in [-0.15, -0.1) is 0 Å². The Morgan fingerprint density at radius 2 is 1.47 bits per heavy atom. The zero-order chi connectivity index (χ0) is 37.8. The molecule has 1 aromatic heterocycles. The van der Waals surface area contributed by atoms with Crippen LogP contribution in [0.2, 0.25) is 0 Å². The number of ether oxygens (including phenoxy) is 1. The van der Waals surface area contributed by atoms with E-state index in [1.807, 2.05) is 85.8 Å². The first-order valence-electron chi connectivity index (χ1n) is 18.2. The lowest BCUT2D eigenvalue weighted by Gasteiger charge is -2.49. The lowest BCUT2D eigenvalue weighted by molar-refractivity contribution is -0.138. The highest BCUT2D eigenvalue weighted by atomic mass is 16.5. The summed E-state index contributed by atoms with van der Waals surface area (Å²) in [7, 11) is 0. The molecule has 6 aromatic rings. The zero-order valence-corrected chi connectivity index (χ0v) is 29.9. The molecule has 2 fully saturated rings. The van der Waals surface area contributed by atoms with Crippen LogP contribution in [0.4, 0.5) is 5.69 Å². The normalized spacial score (nSPS) is 21.4. The summed E-state index contributed by atoms with van der Waals surface area (Å²) in [6.07, 6.45) is 1.92. The summed E-state index contributed by atoms with van der Waals surface area (Å²) >= 11 is 0. The number of hydrazine groups is 1. The van der Waals surface area contributed by atoms with Gasteiger partial charge in [-0.1, -0.05) is 109 Å². The van der Waals surface area contributed by atoms with Crippen molar-refractivity contribution in [2.45, 2.75) is 43.9 Å². The summed E-state index contributed by atoms with van der Waals surface area (Å²) in [4.78, 5) is 58.6. The van der Waals surface area contributed by atoms with Gasteiger partial charge in [0.15, 0.2) is 0 Å². The Labute approximate surface area is 315 Å². The van der Waals surface area contributed by atoms with Crippen LogP contribution in [0.1, 0.15) is 40.6 Å². The van der Waals surface area contributed by atoms with E-state index in [1.165, 1.54) is 15.4 Å². The second-order valence-corrected chi connectivity index (χ2v) is 14.3. The van der Waals surface area contributed by atoms with Gasteiger partial charge in [0.25, 0.3) is 11.8 Å². The molecule has 0 spiro atoms. The van der Waals surface area contributed by atoms with E-state index in [4.69, 9.17) is 4.74 Å². The molecular formula is C44H37N5O6. The van der Waals surface area contributed by atoms with Crippen LogP contribution in [0.3, 0.4) is 0 Å². The number of imide groups is 1. The molecule has 2 N–H and O–H groups in total. The van der Waals surface area contributed by atoms with Gasteiger partial charge in [0.05, 0.1) is 35.3 Å². The summed E-state index contributed by atoms with van der Waals surface area (Å²) in [6, 6.07) is 39.1. The minimum absolute atomic E-state index is 0.0400. The quantitative estimate of drug-likeness (QED) is 0.145. The highest BCUT2D eigenvalue weighted by Crippen LogP contribution is 2.62. The second kappa shape index (κ2) is 13.2. The number of para-hydroxylation sites is 1. The van der Waals surface area contributed by atoms with Gasteiger partial charge in [-0.2, -0.15) is 5.01 Å². The summed E-state index contributed by atoms with van der Waals surface area (Å²) in [6.45, 7) is 2.27. The van der Waals surface area contributed by atoms with E-state index in [1.54, 1.807) is 54.6 Å². The molecule has 2 amide bonds. The Morgan fingerprint density at radius 1 is 0.800 bits per heavy atom. The second-order valence-electron chi connectivity index (χ2n) is 14.3. The molecule has 11 nitrogen and oxygen atoms in total. The topological polar surface area (TPSA) is 128 Å². The molecule has 11 heteroatoms. The fraction of sp³-hybridized carbons (Fsp3) is 0.182. The Morgan fingerprint density at radius 3 is 2.16 bits per heavy atom. The summed E-state index contributed by atoms with van der Waals surface area (Å²) < 4.78 is 10.0. The predicted molar refractivity (Wildman–Crippen MR) is 206 cm³/mol. The zero-order valence-electron chi connectivity index (χ0n) is 29.9. The minimum Gasteiger partial charge on any atom is -0.508 e. The van der Waals surface area contributed by atoms with Crippen LogP contribution in [-0.2, 0) is 28.2 Å². The number of carbonyl (C=O) groups excluding carboxylic acids is 2. The van der Waals surface area contributed by atoms with Crippen LogP contribution in [0.5, 0.6) is 11.5 Å². The number of aromatic hydroxyl groups is 1. The number of fused-ring (bicyclic) bond motifs is 4. The van der Waals surface area contributed by atoms with Gasteiger partial charge >= 0.3 is 11.4 Å². The molecule has 0 radical (unpaired) electrons. The van der Waals surface area contributed by atoms with Crippen LogP contribution < -0.4 is 21.5 Å². The molecule has 3 heterocycles. The number of nitrogens with one attached hydrogen (secondary N) is 1. The summed E-state index contributed by atoms with van der Waals surface area (Å²) in [5.74, 6) is -2.61. The molecule has 4 unspecified atom stereocenters. The molecular weight excluding hydrogens is 695 g/mol. The molecule has 1 saturated carbocycles. The Bertz CT molecular complexity index is 2600. The number of aromatic nitrogens is 3. The SMILES string of the molecule is Cc1ccc(NN2C(=O)C3CC4C(=CCn5c(=O)n(-c6ccccc6)c(=O)n54)C(c4ccc(OCc5ccccc5)cc4O)C3(c3ccccc3)C2=O)cc1. The number of hydrogen-bond donors (Lipinski definition) is 2. The highest BCUT2D eigenvalue weighted by molar-refractivity contribution is 6.12. The highest BCUT2D eigenvalue weighted by Gasteiger charge is 2.69. The van der Waals surface area contributed by atoms with Crippen LogP contribution in [0.25, 0.3) is 5.69 Å². The molecule has 0 bridgehead atoms. The van der Waals surface area contributed by atoms with Gasteiger partial charge in [-0.3, -0.25) is 15.0 Å². The molecule has 2 aliphatic heterocycles. The van der Waals surface area contributed by atoms with Crippen molar-refractivity contribution in [1.29, 1.82) is 0 Å². The number of aryl methyl sites for hydroxylation is 1. The van der Waals surface area contributed by atoms with E-state index in [9.17, 15) is 19.5 Å². The summed E-state index contributed by atoms with van der Waals surface area (Å²) in [5.41, 5.74) is 5.06. The Balaban J connectivity index is 1.23. The average Bonchev–Trinajstić information content (AvgIpc) is 3.59. The van der Waals surface area contributed by atoms with Crippen molar-refractivity contribution in [3.05, 3.63) is 188 Å². The van der Waals surface area contributed by atoms with Crippen molar-refractivity contribution < 1.29 is 19.4 Å². The van der Waals surface area contributed by atoms with Crippen molar-refractivity contribution >= 4 is 17.5 Å². The van der Waals surface area contributed by atoms with Crippen molar-refractivity contribution in [3.63, 3.8) is 0 Å². The number of amides is 2.